The van der Waals surface area contributed by atoms with E-state index in [0.717, 1.165) is 6.42 Å². The third kappa shape index (κ3) is 8.74. The van der Waals surface area contributed by atoms with Crippen molar-refractivity contribution in [3.63, 3.8) is 0 Å². The van der Waals surface area contributed by atoms with Crippen LogP contribution in [-0.4, -0.2) is 54.9 Å². The molecule has 0 aromatic rings. The number of ether oxygens (including phenoxy) is 1. The van der Waals surface area contributed by atoms with Gasteiger partial charge in [-0.15, -0.1) is 0 Å². The van der Waals surface area contributed by atoms with Crippen LogP contribution in [0.1, 0.15) is 40.0 Å². The van der Waals surface area contributed by atoms with Crippen LogP contribution in [0.25, 0.3) is 0 Å². The van der Waals surface area contributed by atoms with Crippen molar-refractivity contribution in [1.82, 2.24) is 10.2 Å². The molecule has 0 radical (unpaired) electrons. The van der Waals surface area contributed by atoms with Crippen LogP contribution in [0.4, 0.5) is 4.79 Å². The van der Waals surface area contributed by atoms with Crippen molar-refractivity contribution >= 4 is 12.0 Å². The van der Waals surface area contributed by atoms with Crippen LogP contribution in [0.5, 0.6) is 0 Å². The smallest absolute Gasteiger partial charge is 0.317 e. The Morgan fingerprint density at radius 2 is 2.00 bits per heavy atom. The summed E-state index contributed by atoms with van der Waals surface area (Å²) in [6.45, 7) is 7.64. The van der Waals surface area contributed by atoms with E-state index in [4.69, 9.17) is 9.84 Å². The Bertz CT molecular complexity index is 295. The molecule has 1 unspecified atom stereocenters. The topological polar surface area (TPSA) is 78.9 Å². The summed E-state index contributed by atoms with van der Waals surface area (Å²) in [5, 5.41) is 11.7. The monoisotopic (exact) mass is 288 g/mol. The summed E-state index contributed by atoms with van der Waals surface area (Å²) in [5.74, 6) is -0.544. The zero-order chi connectivity index (χ0) is 15.5. The summed E-state index contributed by atoms with van der Waals surface area (Å²) in [6.07, 6.45) is 1.46. The number of carbonyl (C=O) groups excluding carboxylic acids is 1. The number of methoxy groups -OCH3 is 1. The summed E-state index contributed by atoms with van der Waals surface area (Å²) < 4.78 is 5.01. The molecule has 0 saturated carbocycles. The molecule has 0 rings (SSSR count). The molecule has 2 amide bonds. The van der Waals surface area contributed by atoms with Gasteiger partial charge < -0.3 is 20.1 Å². The van der Waals surface area contributed by atoms with Gasteiger partial charge >= 0.3 is 12.0 Å². The predicted molar refractivity (Wildman–Crippen MR) is 77.8 cm³/mol. The van der Waals surface area contributed by atoms with Gasteiger partial charge in [-0.25, -0.2) is 4.79 Å². The maximum atomic E-state index is 12.2. The fraction of sp³-hybridized carbons (Fsp3) is 0.857. The van der Waals surface area contributed by atoms with Crippen LogP contribution >= 0.6 is 0 Å². The molecule has 118 valence electrons. The van der Waals surface area contributed by atoms with E-state index >= 15 is 0 Å². The quantitative estimate of drug-likeness (QED) is 0.644. The molecule has 0 aliphatic carbocycles. The average molecular weight is 288 g/mol. The molecule has 0 fully saturated rings. The molecule has 0 aliphatic heterocycles. The van der Waals surface area contributed by atoms with E-state index in [2.05, 4.69) is 5.32 Å². The minimum atomic E-state index is -0.893. The molecule has 0 aromatic carbocycles. The second kappa shape index (κ2) is 10.5. The molecule has 0 bridgehead atoms. The van der Waals surface area contributed by atoms with E-state index in [9.17, 15) is 9.59 Å². The lowest BCUT2D eigenvalue weighted by molar-refractivity contribution is -0.137. The van der Waals surface area contributed by atoms with Gasteiger partial charge in [0, 0.05) is 26.2 Å². The number of nitrogens with one attached hydrogen (secondary N) is 1. The first-order valence-corrected chi connectivity index (χ1v) is 7.16. The number of aliphatic carboxylic acids is 1. The van der Waals surface area contributed by atoms with Gasteiger partial charge in [-0.1, -0.05) is 27.2 Å². The standard InChI is InChI=1S/C14H28N2O4/c1-5-6-12(9-13(17)18)15-14(19)16(7-8-20-4)10-11(2)3/h11-12H,5-10H2,1-4H3,(H,15,19)(H,17,18). The normalized spacial score (nSPS) is 12.2. The van der Waals surface area contributed by atoms with E-state index < -0.39 is 5.97 Å². The maximum Gasteiger partial charge on any atom is 0.317 e. The van der Waals surface area contributed by atoms with Crippen LogP contribution in [0.3, 0.4) is 0 Å². The zero-order valence-electron chi connectivity index (χ0n) is 13.0. The number of carboxylic acid groups (broad SMARTS) is 1. The molecule has 0 heterocycles. The Labute approximate surface area is 121 Å². The van der Waals surface area contributed by atoms with Gasteiger partial charge in [0.2, 0.25) is 0 Å². The molecular formula is C14H28N2O4. The van der Waals surface area contributed by atoms with E-state index in [-0.39, 0.29) is 18.5 Å². The summed E-state index contributed by atoms with van der Waals surface area (Å²) in [4.78, 5) is 24.7. The van der Waals surface area contributed by atoms with Crippen LogP contribution in [0.2, 0.25) is 0 Å². The highest BCUT2D eigenvalue weighted by atomic mass is 16.5. The fourth-order valence-electron chi connectivity index (χ4n) is 1.97. The van der Waals surface area contributed by atoms with Crippen LogP contribution < -0.4 is 5.32 Å². The first-order chi connectivity index (χ1) is 9.40. The third-order valence-corrected chi connectivity index (χ3v) is 2.82. The Morgan fingerprint density at radius 1 is 1.35 bits per heavy atom. The Morgan fingerprint density at radius 3 is 2.45 bits per heavy atom. The van der Waals surface area contributed by atoms with E-state index in [1.54, 1.807) is 12.0 Å². The molecule has 0 spiro atoms. The van der Waals surface area contributed by atoms with Crippen LogP contribution in [-0.2, 0) is 9.53 Å². The van der Waals surface area contributed by atoms with Gasteiger partial charge in [-0.2, -0.15) is 0 Å². The van der Waals surface area contributed by atoms with Crippen molar-refractivity contribution in [2.75, 3.05) is 26.8 Å². The Hall–Kier alpha value is -1.30. The molecule has 6 heteroatoms. The number of hydrogen-bond donors (Lipinski definition) is 2. The number of nitrogens with zero attached hydrogens (tertiary/aromatic N) is 1. The first kappa shape index (κ1) is 18.7. The maximum absolute atomic E-state index is 12.2. The molecule has 6 nitrogen and oxygen atoms in total. The fourth-order valence-corrected chi connectivity index (χ4v) is 1.97. The first-order valence-electron chi connectivity index (χ1n) is 7.16. The predicted octanol–water partition coefficient (Wildman–Crippen LogP) is 1.94. The van der Waals surface area contributed by atoms with Crippen molar-refractivity contribution in [3.05, 3.63) is 0 Å². The Balaban J connectivity index is 4.54. The summed E-state index contributed by atoms with van der Waals surface area (Å²) in [7, 11) is 1.59. The molecule has 0 aromatic heterocycles. The number of hydrogen-bond acceptors (Lipinski definition) is 3. The SMILES string of the molecule is CCCC(CC(=O)O)NC(=O)N(CCOC)CC(C)C. The minimum Gasteiger partial charge on any atom is -0.481 e. The van der Waals surface area contributed by atoms with Crippen molar-refractivity contribution in [3.8, 4) is 0 Å². The molecule has 2 N–H and O–H groups in total. The van der Waals surface area contributed by atoms with E-state index in [0.29, 0.717) is 32.0 Å². The third-order valence-electron chi connectivity index (χ3n) is 2.82. The van der Waals surface area contributed by atoms with Gasteiger partial charge in [0.05, 0.1) is 13.0 Å². The van der Waals surface area contributed by atoms with Crippen LogP contribution in [0.15, 0.2) is 0 Å². The summed E-state index contributed by atoms with van der Waals surface area (Å²) in [6, 6.07) is -0.530. The molecule has 20 heavy (non-hydrogen) atoms. The molecule has 0 aliphatic rings. The van der Waals surface area contributed by atoms with E-state index in [1.165, 1.54) is 0 Å². The number of carbonyl (C=O) groups is 2. The number of rotatable bonds is 10. The number of amides is 2. The van der Waals surface area contributed by atoms with E-state index in [1.807, 2.05) is 20.8 Å². The lowest BCUT2D eigenvalue weighted by atomic mass is 10.1. The van der Waals surface area contributed by atoms with Crippen molar-refractivity contribution in [2.45, 2.75) is 46.1 Å². The summed E-state index contributed by atoms with van der Waals surface area (Å²) in [5.41, 5.74) is 0. The average Bonchev–Trinajstić information content (AvgIpc) is 2.33. The van der Waals surface area contributed by atoms with Crippen LogP contribution in [0, 0.1) is 5.92 Å². The minimum absolute atomic E-state index is 0.0423. The number of carboxylic acids is 1. The Kier molecular flexibility index (Phi) is 9.80. The highest BCUT2D eigenvalue weighted by molar-refractivity contribution is 5.76. The lowest BCUT2D eigenvalue weighted by Gasteiger charge is -2.27. The number of urea groups is 1. The van der Waals surface area contributed by atoms with Gasteiger partial charge in [0.1, 0.15) is 0 Å². The molecule has 0 saturated heterocycles. The second-order valence-electron chi connectivity index (χ2n) is 5.37. The van der Waals surface area contributed by atoms with Gasteiger partial charge in [0.15, 0.2) is 0 Å². The van der Waals surface area contributed by atoms with Gasteiger partial charge in [-0.3, -0.25) is 4.79 Å². The van der Waals surface area contributed by atoms with Crippen molar-refractivity contribution in [2.24, 2.45) is 5.92 Å². The molecular weight excluding hydrogens is 260 g/mol. The van der Waals surface area contributed by atoms with Gasteiger partial charge in [0.25, 0.3) is 0 Å². The lowest BCUT2D eigenvalue weighted by Crippen LogP contribution is -2.47. The summed E-state index contributed by atoms with van der Waals surface area (Å²) >= 11 is 0. The van der Waals surface area contributed by atoms with Crippen molar-refractivity contribution in [1.29, 1.82) is 0 Å². The van der Waals surface area contributed by atoms with Gasteiger partial charge in [-0.05, 0) is 12.3 Å². The largest absolute Gasteiger partial charge is 0.481 e. The van der Waals surface area contributed by atoms with Crippen molar-refractivity contribution < 1.29 is 19.4 Å². The molecule has 1 atom stereocenters. The second-order valence-corrected chi connectivity index (χ2v) is 5.37. The highest BCUT2D eigenvalue weighted by Gasteiger charge is 2.20. The highest BCUT2D eigenvalue weighted by Crippen LogP contribution is 2.05. The zero-order valence-corrected chi connectivity index (χ0v) is 13.0.